The summed E-state index contributed by atoms with van der Waals surface area (Å²) in [5.41, 5.74) is 0. The summed E-state index contributed by atoms with van der Waals surface area (Å²) in [5.74, 6) is 2.61. The minimum atomic E-state index is 0. The maximum atomic E-state index is 5.75. The fourth-order valence-corrected chi connectivity index (χ4v) is 5.51. The molecule has 2 aliphatic heterocycles. The van der Waals surface area contributed by atoms with Crippen LogP contribution in [-0.4, -0.2) is 61.6 Å². The largest absolute Gasteiger partial charge is 0.468 e. The number of aliphatic imine (C=N–C) groups is 1. The number of thiophene rings is 1. The molecule has 2 aromatic rings. The number of piperidine rings is 1. The zero-order valence-electron chi connectivity index (χ0n) is 19.2. The van der Waals surface area contributed by atoms with Crippen molar-refractivity contribution in [2.24, 2.45) is 10.9 Å². The van der Waals surface area contributed by atoms with Crippen LogP contribution in [0.15, 0.2) is 45.3 Å². The number of nitrogens with one attached hydrogen (secondary N) is 2. The molecular weight excluding hydrogens is 533 g/mol. The molecule has 2 saturated heterocycles. The highest BCUT2D eigenvalue weighted by Crippen LogP contribution is 2.26. The Hall–Kier alpha value is -1.10. The molecule has 0 bridgehead atoms. The standard InChI is InChI=1S/C24H37N5OS.HI/c1-2-25-24(27-17-22(23-10-6-14-30-23)29-12-3-4-13-29)26-16-20-8-5-11-28(18-20)19-21-9-7-15-31-21;/h6-7,9-10,14-15,20,22H,2-5,8,11-13,16-19H2,1H3,(H2,25,26,27);1H. The average Bonchev–Trinajstić information content (AvgIpc) is 3.56. The van der Waals surface area contributed by atoms with Crippen molar-refractivity contribution in [3.8, 4) is 0 Å². The van der Waals surface area contributed by atoms with Crippen LogP contribution < -0.4 is 10.6 Å². The Morgan fingerprint density at radius 1 is 1.19 bits per heavy atom. The van der Waals surface area contributed by atoms with Gasteiger partial charge in [-0.15, -0.1) is 35.3 Å². The van der Waals surface area contributed by atoms with E-state index < -0.39 is 0 Å². The monoisotopic (exact) mass is 571 g/mol. The van der Waals surface area contributed by atoms with Crippen LogP contribution in [-0.2, 0) is 6.54 Å². The van der Waals surface area contributed by atoms with Crippen molar-refractivity contribution in [2.75, 3.05) is 45.8 Å². The molecule has 2 aliphatic rings. The number of halogens is 1. The third kappa shape index (κ3) is 7.46. The van der Waals surface area contributed by atoms with Crippen molar-refractivity contribution < 1.29 is 4.42 Å². The van der Waals surface area contributed by atoms with Crippen molar-refractivity contribution in [3.63, 3.8) is 0 Å². The summed E-state index contributed by atoms with van der Waals surface area (Å²) in [6.07, 6.45) is 6.87. The highest BCUT2D eigenvalue weighted by atomic mass is 127. The number of rotatable bonds is 9. The molecule has 4 rings (SSSR count). The number of nitrogens with zero attached hydrogens (tertiary/aromatic N) is 3. The summed E-state index contributed by atoms with van der Waals surface area (Å²) in [5, 5.41) is 9.24. The molecule has 0 spiro atoms. The van der Waals surface area contributed by atoms with Crippen molar-refractivity contribution in [1.82, 2.24) is 20.4 Å². The lowest BCUT2D eigenvalue weighted by atomic mass is 9.98. The van der Waals surface area contributed by atoms with Gasteiger partial charge in [0.05, 0.1) is 18.8 Å². The maximum Gasteiger partial charge on any atom is 0.191 e. The van der Waals surface area contributed by atoms with Gasteiger partial charge in [0.1, 0.15) is 5.76 Å². The summed E-state index contributed by atoms with van der Waals surface area (Å²) >= 11 is 1.86. The molecule has 0 aliphatic carbocycles. The number of hydrogen-bond acceptors (Lipinski definition) is 5. The third-order valence-electron chi connectivity index (χ3n) is 6.34. The van der Waals surface area contributed by atoms with Gasteiger partial charge in [0.15, 0.2) is 5.96 Å². The summed E-state index contributed by atoms with van der Waals surface area (Å²) in [6.45, 7) is 10.4. The fraction of sp³-hybridized carbons (Fsp3) is 0.625. The number of furan rings is 1. The first-order valence-electron chi connectivity index (χ1n) is 11.9. The summed E-state index contributed by atoms with van der Waals surface area (Å²) in [7, 11) is 0. The molecule has 4 heterocycles. The van der Waals surface area contributed by atoms with E-state index >= 15 is 0 Å². The molecule has 2 fully saturated rings. The third-order valence-corrected chi connectivity index (χ3v) is 7.20. The Morgan fingerprint density at radius 2 is 2.06 bits per heavy atom. The van der Waals surface area contributed by atoms with Gasteiger partial charge in [-0.1, -0.05) is 6.07 Å². The molecule has 2 N–H and O–H groups in total. The lowest BCUT2D eigenvalue weighted by Crippen LogP contribution is -2.44. The van der Waals surface area contributed by atoms with Crippen LogP contribution >= 0.6 is 35.3 Å². The highest BCUT2D eigenvalue weighted by molar-refractivity contribution is 14.0. The molecule has 8 heteroatoms. The lowest BCUT2D eigenvalue weighted by Gasteiger charge is -2.32. The molecule has 0 radical (unpaired) electrons. The Bertz CT molecular complexity index is 776. The zero-order valence-corrected chi connectivity index (χ0v) is 22.3. The van der Waals surface area contributed by atoms with Gasteiger partial charge in [-0.2, -0.15) is 0 Å². The topological polar surface area (TPSA) is 56.0 Å². The first-order valence-corrected chi connectivity index (χ1v) is 12.7. The second kappa shape index (κ2) is 13.6. The van der Waals surface area contributed by atoms with Crippen LogP contribution in [0.25, 0.3) is 0 Å². The number of likely N-dealkylation sites (tertiary alicyclic amines) is 2. The molecule has 2 aromatic heterocycles. The van der Waals surface area contributed by atoms with E-state index in [2.05, 4.69) is 50.9 Å². The van der Waals surface area contributed by atoms with Crippen molar-refractivity contribution in [1.29, 1.82) is 0 Å². The van der Waals surface area contributed by atoms with Gasteiger partial charge in [0.2, 0.25) is 0 Å². The van der Waals surface area contributed by atoms with E-state index in [1.807, 2.05) is 17.4 Å². The minimum absolute atomic E-state index is 0. The van der Waals surface area contributed by atoms with Crippen molar-refractivity contribution >= 4 is 41.3 Å². The predicted molar refractivity (Wildman–Crippen MR) is 144 cm³/mol. The van der Waals surface area contributed by atoms with Gasteiger partial charge in [-0.25, -0.2) is 0 Å². The van der Waals surface area contributed by atoms with Crippen molar-refractivity contribution in [2.45, 2.75) is 45.2 Å². The molecule has 0 aromatic carbocycles. The minimum Gasteiger partial charge on any atom is -0.468 e. The van der Waals surface area contributed by atoms with Crippen molar-refractivity contribution in [3.05, 3.63) is 46.5 Å². The molecule has 2 unspecified atom stereocenters. The second-order valence-electron chi connectivity index (χ2n) is 8.70. The van der Waals surface area contributed by atoms with Crippen LogP contribution in [0, 0.1) is 5.92 Å². The van der Waals surface area contributed by atoms with E-state index in [0.717, 1.165) is 57.5 Å². The average molecular weight is 572 g/mol. The molecule has 0 saturated carbocycles. The van der Waals surface area contributed by atoms with Crippen LogP contribution in [0.5, 0.6) is 0 Å². The fourth-order valence-electron chi connectivity index (χ4n) is 4.76. The van der Waals surface area contributed by atoms with Gasteiger partial charge in [0.25, 0.3) is 0 Å². The quantitative estimate of drug-likeness (QED) is 0.263. The SMILES string of the molecule is CCNC(=NCC(c1ccco1)N1CCCC1)NCC1CCCN(Cc2cccs2)C1.I. The van der Waals surface area contributed by atoms with E-state index in [4.69, 9.17) is 9.41 Å². The van der Waals surface area contributed by atoms with E-state index in [1.54, 1.807) is 6.26 Å². The number of hydrogen-bond donors (Lipinski definition) is 2. The summed E-state index contributed by atoms with van der Waals surface area (Å²) in [6, 6.07) is 8.70. The Labute approximate surface area is 213 Å². The maximum absolute atomic E-state index is 5.75. The van der Waals surface area contributed by atoms with Gasteiger partial charge in [-0.05, 0) is 81.7 Å². The summed E-state index contributed by atoms with van der Waals surface area (Å²) in [4.78, 5) is 11.5. The predicted octanol–water partition coefficient (Wildman–Crippen LogP) is 4.56. The Balaban J connectivity index is 0.00000289. The van der Waals surface area contributed by atoms with Crippen LogP contribution in [0.3, 0.4) is 0 Å². The molecule has 32 heavy (non-hydrogen) atoms. The van der Waals surface area contributed by atoms with E-state index in [-0.39, 0.29) is 30.0 Å². The van der Waals surface area contributed by atoms with E-state index in [0.29, 0.717) is 5.92 Å². The van der Waals surface area contributed by atoms with Gasteiger partial charge < -0.3 is 15.1 Å². The molecule has 6 nitrogen and oxygen atoms in total. The highest BCUT2D eigenvalue weighted by Gasteiger charge is 2.25. The van der Waals surface area contributed by atoms with Crippen LogP contribution in [0.1, 0.15) is 49.3 Å². The number of guanidine groups is 1. The first-order chi connectivity index (χ1) is 15.3. The second-order valence-corrected chi connectivity index (χ2v) is 9.73. The smallest absolute Gasteiger partial charge is 0.191 e. The lowest BCUT2D eigenvalue weighted by molar-refractivity contribution is 0.169. The molecule has 2 atom stereocenters. The molecule has 178 valence electrons. The first kappa shape index (κ1) is 25.5. The molecule has 0 amide bonds. The van der Waals surface area contributed by atoms with Gasteiger partial charge in [-0.3, -0.25) is 14.8 Å². The van der Waals surface area contributed by atoms with E-state index in [9.17, 15) is 0 Å². The van der Waals surface area contributed by atoms with E-state index in [1.165, 1.54) is 37.1 Å². The zero-order chi connectivity index (χ0) is 21.3. The van der Waals surface area contributed by atoms with Crippen LogP contribution in [0.2, 0.25) is 0 Å². The summed E-state index contributed by atoms with van der Waals surface area (Å²) < 4.78 is 5.75. The Kier molecular flexibility index (Phi) is 10.8. The normalized spacial score (nSPS) is 21.3. The van der Waals surface area contributed by atoms with Gasteiger partial charge in [0, 0.05) is 31.1 Å². The Morgan fingerprint density at radius 3 is 2.78 bits per heavy atom. The van der Waals surface area contributed by atoms with Gasteiger partial charge >= 0.3 is 0 Å². The molecular formula is C24H38IN5OS. The van der Waals surface area contributed by atoms with Crippen LogP contribution in [0.4, 0.5) is 0 Å².